The van der Waals surface area contributed by atoms with E-state index in [1.807, 2.05) is 50.3 Å². The number of hydrogen-bond donors (Lipinski definition) is 1. The molecule has 0 fully saturated rings. The van der Waals surface area contributed by atoms with Gasteiger partial charge in [-0.15, -0.1) is 0 Å². The van der Waals surface area contributed by atoms with E-state index < -0.39 is 5.54 Å². The van der Waals surface area contributed by atoms with Gasteiger partial charge in [0.25, 0.3) is 11.8 Å². The zero-order valence-electron chi connectivity index (χ0n) is 18.0. The Morgan fingerprint density at radius 1 is 1.16 bits per heavy atom. The van der Waals surface area contributed by atoms with E-state index in [-0.39, 0.29) is 18.2 Å². The predicted octanol–water partition coefficient (Wildman–Crippen LogP) is 3.45. The molecule has 3 aromatic rings. The molecule has 8 nitrogen and oxygen atoms in total. The number of para-hydroxylation sites is 1. The van der Waals surface area contributed by atoms with Gasteiger partial charge in [0.2, 0.25) is 0 Å². The number of benzene rings is 1. The van der Waals surface area contributed by atoms with Gasteiger partial charge in [0.05, 0.1) is 17.6 Å². The number of allylic oxidation sites excluding steroid dienone is 2. The largest absolute Gasteiger partial charge is 0.317 e. The molecule has 1 aromatic carbocycles. The first kappa shape index (κ1) is 19.9. The van der Waals surface area contributed by atoms with Gasteiger partial charge in [-0.3, -0.25) is 9.59 Å². The van der Waals surface area contributed by atoms with E-state index in [1.54, 1.807) is 40.9 Å². The molecule has 0 radical (unpaired) electrons. The number of fused-ring (bicyclic) bond motifs is 2. The van der Waals surface area contributed by atoms with Gasteiger partial charge < -0.3 is 10.2 Å². The van der Waals surface area contributed by atoms with Gasteiger partial charge in [0, 0.05) is 17.7 Å². The number of carbonyl (C=O) groups is 2. The molecule has 2 aromatic heterocycles. The normalized spacial score (nSPS) is 19.8. The number of aryl methyl sites for hydroxylation is 2. The van der Waals surface area contributed by atoms with Gasteiger partial charge in [-0.05, 0) is 50.6 Å². The Bertz CT molecular complexity index is 1370. The fourth-order valence-electron chi connectivity index (χ4n) is 4.13. The second kappa shape index (κ2) is 7.26. The second-order valence-electron chi connectivity index (χ2n) is 8.24. The molecule has 1 N–H and O–H groups in total. The van der Waals surface area contributed by atoms with Crippen LogP contribution in [0.25, 0.3) is 16.7 Å². The number of rotatable bonds is 3. The third-order valence-corrected chi connectivity index (χ3v) is 5.79. The first-order chi connectivity index (χ1) is 15.3. The van der Waals surface area contributed by atoms with Crippen molar-refractivity contribution in [1.29, 1.82) is 0 Å². The molecule has 32 heavy (non-hydrogen) atoms. The molecule has 8 heteroatoms. The van der Waals surface area contributed by atoms with Crippen LogP contribution in [0.4, 0.5) is 5.82 Å². The number of anilines is 1. The average Bonchev–Trinajstić information content (AvgIpc) is 3.13. The standard InChI is InChI=1S/C24H22N6O2/c1-15-12-20(25-18-9-5-4-8-17(15)18)30-21(13-16(2)28-30)27-23(32)24(3)14-22(31)26-19-10-6-7-11-29(19)24/h4-13H,14H2,1-3H3,(H,27,32). The number of aliphatic imine (C=N–C) groups is 1. The van der Waals surface area contributed by atoms with Crippen molar-refractivity contribution in [3.8, 4) is 5.82 Å². The monoisotopic (exact) mass is 426 g/mol. The van der Waals surface area contributed by atoms with Crippen LogP contribution in [0.15, 0.2) is 65.8 Å². The smallest absolute Gasteiger partial charge is 0.252 e. The van der Waals surface area contributed by atoms with Gasteiger partial charge in [0.1, 0.15) is 17.2 Å². The molecular formula is C24H22N6O2. The Balaban J connectivity index is 1.52. The topological polar surface area (TPSA) is 92.5 Å². The van der Waals surface area contributed by atoms with Crippen LogP contribution in [-0.2, 0) is 9.59 Å². The number of pyridine rings is 1. The summed E-state index contributed by atoms with van der Waals surface area (Å²) in [7, 11) is 0. The fraction of sp³-hybridized carbons (Fsp3) is 0.208. The summed E-state index contributed by atoms with van der Waals surface area (Å²) in [6.45, 7) is 5.62. The van der Waals surface area contributed by atoms with E-state index in [9.17, 15) is 9.59 Å². The molecule has 0 saturated carbocycles. The van der Waals surface area contributed by atoms with Gasteiger partial charge in [-0.25, -0.2) is 4.98 Å². The van der Waals surface area contributed by atoms with Crippen LogP contribution < -0.4 is 5.32 Å². The number of carbonyl (C=O) groups excluding carboxylic acids is 2. The third-order valence-electron chi connectivity index (χ3n) is 5.79. The lowest BCUT2D eigenvalue weighted by Gasteiger charge is -2.41. The summed E-state index contributed by atoms with van der Waals surface area (Å²) < 4.78 is 1.63. The van der Waals surface area contributed by atoms with Gasteiger partial charge >= 0.3 is 0 Å². The van der Waals surface area contributed by atoms with Crippen LogP contribution in [0.1, 0.15) is 24.6 Å². The highest BCUT2D eigenvalue weighted by molar-refractivity contribution is 6.11. The van der Waals surface area contributed by atoms with Crippen molar-refractivity contribution in [1.82, 2.24) is 19.7 Å². The van der Waals surface area contributed by atoms with Crippen molar-refractivity contribution in [3.63, 3.8) is 0 Å². The summed E-state index contributed by atoms with van der Waals surface area (Å²) in [5.41, 5.74) is 1.53. The van der Waals surface area contributed by atoms with Crippen LogP contribution in [0, 0.1) is 13.8 Å². The Labute approximate surface area is 185 Å². The molecule has 0 spiro atoms. The molecule has 0 aliphatic carbocycles. The maximum atomic E-state index is 13.5. The molecule has 4 heterocycles. The molecule has 0 bridgehead atoms. The number of nitrogens with zero attached hydrogens (tertiary/aromatic N) is 5. The molecule has 1 atom stereocenters. The number of aromatic nitrogens is 3. The van der Waals surface area contributed by atoms with Crippen LogP contribution in [-0.4, -0.2) is 42.9 Å². The van der Waals surface area contributed by atoms with Crippen LogP contribution in [0.5, 0.6) is 0 Å². The van der Waals surface area contributed by atoms with Crippen molar-refractivity contribution >= 4 is 34.4 Å². The van der Waals surface area contributed by atoms with Crippen molar-refractivity contribution in [3.05, 3.63) is 72.1 Å². The summed E-state index contributed by atoms with van der Waals surface area (Å²) in [6.07, 6.45) is 7.07. The van der Waals surface area contributed by atoms with Crippen molar-refractivity contribution in [2.75, 3.05) is 5.32 Å². The first-order valence-corrected chi connectivity index (χ1v) is 10.4. The highest BCUT2D eigenvalue weighted by Crippen LogP contribution is 2.30. The van der Waals surface area contributed by atoms with Crippen LogP contribution in [0.2, 0.25) is 0 Å². The summed E-state index contributed by atoms with van der Waals surface area (Å²) in [5.74, 6) is 0.904. The SMILES string of the molecule is Cc1cc(NC(=O)C2(C)CC(=O)N=C3C=CC=CN32)n(-c2cc(C)c3ccccc3n2)n1. The van der Waals surface area contributed by atoms with E-state index >= 15 is 0 Å². The molecule has 0 saturated heterocycles. The second-order valence-corrected chi connectivity index (χ2v) is 8.24. The molecule has 1 unspecified atom stereocenters. The minimum absolute atomic E-state index is 0.0268. The highest BCUT2D eigenvalue weighted by atomic mass is 16.2. The van der Waals surface area contributed by atoms with E-state index in [2.05, 4.69) is 15.4 Å². The maximum absolute atomic E-state index is 13.5. The number of amides is 2. The molecule has 2 aliphatic heterocycles. The quantitative estimate of drug-likeness (QED) is 0.693. The molecule has 2 amide bonds. The summed E-state index contributed by atoms with van der Waals surface area (Å²) in [6, 6.07) is 11.6. The molecule has 5 rings (SSSR count). The lowest BCUT2D eigenvalue weighted by Crippen LogP contribution is -2.58. The summed E-state index contributed by atoms with van der Waals surface area (Å²) in [4.78, 5) is 36.3. The van der Waals surface area contributed by atoms with Crippen LogP contribution in [0.3, 0.4) is 0 Å². The van der Waals surface area contributed by atoms with Gasteiger partial charge in [-0.1, -0.05) is 24.3 Å². The van der Waals surface area contributed by atoms with Gasteiger partial charge in [0.15, 0.2) is 5.82 Å². The summed E-state index contributed by atoms with van der Waals surface area (Å²) >= 11 is 0. The molecule has 160 valence electrons. The number of hydrogen-bond acceptors (Lipinski definition) is 5. The Morgan fingerprint density at radius 3 is 2.81 bits per heavy atom. The van der Waals surface area contributed by atoms with Crippen molar-refractivity contribution < 1.29 is 9.59 Å². The first-order valence-electron chi connectivity index (χ1n) is 10.4. The average molecular weight is 426 g/mol. The molecule has 2 aliphatic rings. The van der Waals surface area contributed by atoms with E-state index in [0.29, 0.717) is 17.5 Å². The van der Waals surface area contributed by atoms with E-state index in [0.717, 1.165) is 22.2 Å². The minimum atomic E-state index is -1.12. The van der Waals surface area contributed by atoms with E-state index in [4.69, 9.17) is 4.98 Å². The predicted molar refractivity (Wildman–Crippen MR) is 123 cm³/mol. The van der Waals surface area contributed by atoms with E-state index in [1.165, 1.54) is 0 Å². The Hall–Kier alpha value is -4.07. The minimum Gasteiger partial charge on any atom is -0.317 e. The maximum Gasteiger partial charge on any atom is 0.252 e. The van der Waals surface area contributed by atoms with Crippen molar-refractivity contribution in [2.24, 2.45) is 4.99 Å². The lowest BCUT2D eigenvalue weighted by atomic mass is 9.91. The van der Waals surface area contributed by atoms with Gasteiger partial charge in [-0.2, -0.15) is 14.8 Å². The zero-order valence-corrected chi connectivity index (χ0v) is 18.0. The zero-order chi connectivity index (χ0) is 22.5. The van der Waals surface area contributed by atoms with Crippen molar-refractivity contribution in [2.45, 2.75) is 32.7 Å². The Morgan fingerprint density at radius 2 is 1.97 bits per heavy atom. The number of nitrogens with one attached hydrogen (secondary N) is 1. The highest BCUT2D eigenvalue weighted by Gasteiger charge is 2.45. The lowest BCUT2D eigenvalue weighted by molar-refractivity contribution is -0.130. The summed E-state index contributed by atoms with van der Waals surface area (Å²) in [5, 5.41) is 8.60. The number of amidine groups is 1. The fourth-order valence-corrected chi connectivity index (χ4v) is 4.13. The Kier molecular flexibility index (Phi) is 4.51. The van der Waals surface area contributed by atoms with Crippen LogP contribution >= 0.6 is 0 Å². The molecular weight excluding hydrogens is 404 g/mol. The third kappa shape index (κ3) is 3.20.